The summed E-state index contributed by atoms with van der Waals surface area (Å²) in [4.78, 5) is 9.18. The van der Waals surface area contributed by atoms with E-state index in [0.717, 1.165) is 29.1 Å². The van der Waals surface area contributed by atoms with Gasteiger partial charge in [0, 0.05) is 30.5 Å². The molecular weight excluding hydrogens is 288 g/mol. The molecule has 0 saturated heterocycles. The van der Waals surface area contributed by atoms with Crippen molar-refractivity contribution in [1.29, 1.82) is 0 Å². The number of aromatic nitrogens is 1. The van der Waals surface area contributed by atoms with Crippen molar-refractivity contribution < 1.29 is 4.84 Å². The lowest BCUT2D eigenvalue weighted by Gasteiger charge is -2.07. The van der Waals surface area contributed by atoms with Gasteiger partial charge in [0.25, 0.3) is 0 Å². The predicted octanol–water partition coefficient (Wildman–Crippen LogP) is 2.93. The first-order valence-corrected chi connectivity index (χ1v) is 7.04. The number of anilines is 2. The second-order valence-corrected chi connectivity index (χ2v) is 5.16. The van der Waals surface area contributed by atoms with Crippen molar-refractivity contribution in [1.82, 2.24) is 4.98 Å². The molecule has 1 aliphatic rings. The van der Waals surface area contributed by atoms with Crippen LogP contribution >= 0.6 is 11.6 Å². The molecule has 0 radical (unpaired) electrons. The lowest BCUT2D eigenvalue weighted by Crippen LogP contribution is -2.20. The van der Waals surface area contributed by atoms with Crippen LogP contribution in [0.4, 0.5) is 11.4 Å². The van der Waals surface area contributed by atoms with E-state index in [9.17, 15) is 0 Å². The SMILES string of the molecule is NCC1CC(c2ccc(Nc3ccnc(Cl)c3)cc2)=NO1. The van der Waals surface area contributed by atoms with Gasteiger partial charge in [-0.1, -0.05) is 28.9 Å². The zero-order valence-electron chi connectivity index (χ0n) is 11.3. The Labute approximate surface area is 127 Å². The molecule has 3 N–H and O–H groups in total. The molecule has 108 valence electrons. The molecule has 0 saturated carbocycles. The molecule has 0 bridgehead atoms. The number of nitrogens with two attached hydrogens (primary N) is 1. The number of nitrogens with zero attached hydrogens (tertiary/aromatic N) is 2. The van der Waals surface area contributed by atoms with Crippen LogP contribution in [0.25, 0.3) is 0 Å². The Bertz CT molecular complexity index is 657. The van der Waals surface area contributed by atoms with E-state index in [-0.39, 0.29) is 6.10 Å². The summed E-state index contributed by atoms with van der Waals surface area (Å²) >= 11 is 5.86. The van der Waals surface area contributed by atoms with Gasteiger partial charge in [0.15, 0.2) is 0 Å². The Kier molecular flexibility index (Phi) is 4.03. The van der Waals surface area contributed by atoms with Gasteiger partial charge in [0.05, 0.1) is 5.71 Å². The maximum Gasteiger partial charge on any atom is 0.145 e. The zero-order valence-corrected chi connectivity index (χ0v) is 12.0. The molecule has 1 aliphatic heterocycles. The van der Waals surface area contributed by atoms with E-state index in [1.807, 2.05) is 30.3 Å². The Morgan fingerprint density at radius 2 is 2.05 bits per heavy atom. The van der Waals surface area contributed by atoms with Crippen LogP contribution in [0, 0.1) is 0 Å². The van der Waals surface area contributed by atoms with E-state index in [4.69, 9.17) is 22.2 Å². The number of nitrogens with one attached hydrogen (secondary N) is 1. The molecule has 1 aromatic carbocycles. The average molecular weight is 303 g/mol. The second kappa shape index (κ2) is 6.11. The molecular formula is C15H15ClN4O. The fraction of sp³-hybridized carbons (Fsp3) is 0.200. The van der Waals surface area contributed by atoms with Crippen molar-refractivity contribution in [3.63, 3.8) is 0 Å². The minimum atomic E-state index is -0.00300. The molecule has 6 heteroatoms. The molecule has 5 nitrogen and oxygen atoms in total. The van der Waals surface area contributed by atoms with Gasteiger partial charge in [0.1, 0.15) is 11.3 Å². The Morgan fingerprint density at radius 1 is 1.24 bits per heavy atom. The minimum Gasteiger partial charge on any atom is -0.390 e. The van der Waals surface area contributed by atoms with Crippen LogP contribution in [-0.4, -0.2) is 23.3 Å². The Hall–Kier alpha value is -2.11. The molecule has 0 amide bonds. The molecule has 2 heterocycles. The lowest BCUT2D eigenvalue weighted by molar-refractivity contribution is 0.0918. The van der Waals surface area contributed by atoms with E-state index in [1.54, 1.807) is 12.3 Å². The van der Waals surface area contributed by atoms with Crippen LogP contribution in [0.15, 0.2) is 47.8 Å². The number of rotatable bonds is 4. The van der Waals surface area contributed by atoms with Gasteiger partial charge < -0.3 is 15.9 Å². The summed E-state index contributed by atoms with van der Waals surface area (Å²) in [5, 5.41) is 7.80. The van der Waals surface area contributed by atoms with Gasteiger partial charge in [-0.05, 0) is 29.8 Å². The third-order valence-corrected chi connectivity index (χ3v) is 3.44. The number of halogens is 1. The van der Waals surface area contributed by atoms with Gasteiger partial charge in [-0.15, -0.1) is 0 Å². The van der Waals surface area contributed by atoms with Crippen LogP contribution in [0.1, 0.15) is 12.0 Å². The first kappa shape index (κ1) is 13.9. The maximum atomic E-state index is 5.86. The van der Waals surface area contributed by atoms with Crippen LogP contribution in [0.3, 0.4) is 0 Å². The standard InChI is InChI=1S/C15H15ClN4O/c16-15-7-12(5-6-18-15)19-11-3-1-10(2-4-11)14-8-13(9-17)21-20-14/h1-7,13H,8-9,17H2,(H,18,19). The van der Waals surface area contributed by atoms with Gasteiger partial charge in [-0.25, -0.2) is 4.98 Å². The number of benzene rings is 1. The molecule has 21 heavy (non-hydrogen) atoms. The third kappa shape index (κ3) is 3.32. The zero-order chi connectivity index (χ0) is 14.7. The minimum absolute atomic E-state index is 0.00300. The van der Waals surface area contributed by atoms with Crippen molar-refractivity contribution in [2.75, 3.05) is 11.9 Å². The van der Waals surface area contributed by atoms with Gasteiger partial charge in [0.2, 0.25) is 0 Å². The first-order chi connectivity index (χ1) is 10.2. The molecule has 1 aromatic heterocycles. The van der Waals surface area contributed by atoms with E-state index >= 15 is 0 Å². The number of hydrogen-bond donors (Lipinski definition) is 2. The van der Waals surface area contributed by atoms with E-state index in [2.05, 4.69) is 15.5 Å². The largest absolute Gasteiger partial charge is 0.390 e. The van der Waals surface area contributed by atoms with E-state index in [0.29, 0.717) is 11.7 Å². The lowest BCUT2D eigenvalue weighted by atomic mass is 10.0. The molecule has 1 unspecified atom stereocenters. The van der Waals surface area contributed by atoms with Crippen molar-refractivity contribution in [2.45, 2.75) is 12.5 Å². The molecule has 3 rings (SSSR count). The maximum absolute atomic E-state index is 5.86. The van der Waals surface area contributed by atoms with Crippen LogP contribution in [-0.2, 0) is 4.84 Å². The number of oxime groups is 1. The Balaban J connectivity index is 1.70. The van der Waals surface area contributed by atoms with E-state index < -0.39 is 0 Å². The third-order valence-electron chi connectivity index (χ3n) is 3.23. The highest BCUT2D eigenvalue weighted by atomic mass is 35.5. The number of hydrogen-bond acceptors (Lipinski definition) is 5. The summed E-state index contributed by atoms with van der Waals surface area (Å²) in [5.41, 5.74) is 9.42. The summed E-state index contributed by atoms with van der Waals surface area (Å²) in [7, 11) is 0. The molecule has 0 fully saturated rings. The van der Waals surface area contributed by atoms with Gasteiger partial charge in [-0.3, -0.25) is 0 Å². The summed E-state index contributed by atoms with van der Waals surface area (Å²) in [6.07, 6.45) is 2.41. The second-order valence-electron chi connectivity index (χ2n) is 4.77. The monoisotopic (exact) mass is 302 g/mol. The highest BCUT2D eigenvalue weighted by Gasteiger charge is 2.20. The molecule has 2 aromatic rings. The van der Waals surface area contributed by atoms with Crippen molar-refractivity contribution in [2.24, 2.45) is 10.9 Å². The predicted molar refractivity (Wildman–Crippen MR) is 84.1 cm³/mol. The summed E-state index contributed by atoms with van der Waals surface area (Å²) in [6.45, 7) is 0.482. The van der Waals surface area contributed by atoms with Crippen molar-refractivity contribution in [3.8, 4) is 0 Å². The first-order valence-electron chi connectivity index (χ1n) is 6.66. The fourth-order valence-corrected chi connectivity index (χ4v) is 2.29. The van der Waals surface area contributed by atoms with Crippen LogP contribution in [0.2, 0.25) is 5.15 Å². The van der Waals surface area contributed by atoms with Gasteiger partial charge in [-0.2, -0.15) is 0 Å². The highest BCUT2D eigenvalue weighted by molar-refractivity contribution is 6.29. The smallest absolute Gasteiger partial charge is 0.145 e. The summed E-state index contributed by atoms with van der Waals surface area (Å²) < 4.78 is 0. The highest BCUT2D eigenvalue weighted by Crippen LogP contribution is 2.21. The normalized spacial score (nSPS) is 17.2. The van der Waals surface area contributed by atoms with Gasteiger partial charge >= 0.3 is 0 Å². The van der Waals surface area contributed by atoms with Crippen LogP contribution < -0.4 is 11.1 Å². The molecule has 0 aliphatic carbocycles. The molecule has 0 spiro atoms. The number of pyridine rings is 1. The van der Waals surface area contributed by atoms with E-state index in [1.165, 1.54) is 0 Å². The summed E-state index contributed by atoms with van der Waals surface area (Å²) in [5.74, 6) is 0. The van der Waals surface area contributed by atoms with Crippen molar-refractivity contribution in [3.05, 3.63) is 53.3 Å². The van der Waals surface area contributed by atoms with Crippen molar-refractivity contribution >= 4 is 28.7 Å². The fourth-order valence-electron chi connectivity index (χ4n) is 2.12. The quantitative estimate of drug-likeness (QED) is 0.852. The van der Waals surface area contributed by atoms with Crippen LogP contribution in [0.5, 0.6) is 0 Å². The topological polar surface area (TPSA) is 72.5 Å². The Morgan fingerprint density at radius 3 is 2.71 bits per heavy atom. The average Bonchev–Trinajstić information content (AvgIpc) is 2.97. The summed E-state index contributed by atoms with van der Waals surface area (Å²) in [6, 6.07) is 11.6. The molecule has 1 atom stereocenters.